The fraction of sp³-hybridized carbons (Fsp3) is 0.462. The average Bonchev–Trinajstić information content (AvgIpc) is 2.28. The fourth-order valence-electron chi connectivity index (χ4n) is 1.54. The van der Waals surface area contributed by atoms with Gasteiger partial charge in [-0.2, -0.15) is 0 Å². The summed E-state index contributed by atoms with van der Waals surface area (Å²) >= 11 is 4.84. The molecule has 0 aliphatic heterocycles. The summed E-state index contributed by atoms with van der Waals surface area (Å²) in [6, 6.07) is 6.94. The molecule has 0 atom stereocenters. The van der Waals surface area contributed by atoms with E-state index in [2.05, 4.69) is 18.6 Å². The van der Waals surface area contributed by atoms with Crippen LogP contribution < -0.4 is 10.5 Å². The second kappa shape index (κ2) is 6.98. The van der Waals surface area contributed by atoms with Gasteiger partial charge < -0.3 is 5.73 Å². The first kappa shape index (κ1) is 16.1. The molecular formula is C13H20N2O2S2. The van der Waals surface area contributed by atoms with E-state index in [1.807, 2.05) is 0 Å². The Hall–Kier alpha value is -0.980. The molecule has 1 aromatic carbocycles. The van der Waals surface area contributed by atoms with Crippen molar-refractivity contribution in [3.63, 3.8) is 0 Å². The SMILES string of the molecule is CC(C)CCNS(=O)(=O)Cc1ccc(C(N)=S)cc1. The van der Waals surface area contributed by atoms with Gasteiger partial charge in [-0.3, -0.25) is 0 Å². The lowest BCUT2D eigenvalue weighted by molar-refractivity contribution is 0.551. The highest BCUT2D eigenvalue weighted by Gasteiger charge is 2.11. The van der Waals surface area contributed by atoms with E-state index < -0.39 is 10.0 Å². The van der Waals surface area contributed by atoms with Crippen LogP contribution in [0.3, 0.4) is 0 Å². The zero-order valence-corrected chi connectivity index (χ0v) is 12.9. The van der Waals surface area contributed by atoms with E-state index in [1.165, 1.54) is 0 Å². The molecule has 0 heterocycles. The lowest BCUT2D eigenvalue weighted by Crippen LogP contribution is -2.27. The maximum atomic E-state index is 11.8. The van der Waals surface area contributed by atoms with Gasteiger partial charge in [0, 0.05) is 12.1 Å². The highest BCUT2D eigenvalue weighted by Crippen LogP contribution is 2.08. The summed E-state index contributed by atoms with van der Waals surface area (Å²) in [5, 5.41) is 0. The molecule has 19 heavy (non-hydrogen) atoms. The number of sulfonamides is 1. The number of nitrogens with two attached hydrogens (primary N) is 1. The highest BCUT2D eigenvalue weighted by atomic mass is 32.2. The second-order valence-corrected chi connectivity index (χ2v) is 7.14. The molecule has 0 spiro atoms. The lowest BCUT2D eigenvalue weighted by atomic mass is 10.1. The van der Waals surface area contributed by atoms with Crippen LogP contribution in [-0.2, 0) is 15.8 Å². The molecule has 0 saturated heterocycles. The van der Waals surface area contributed by atoms with Crippen molar-refractivity contribution < 1.29 is 8.42 Å². The Kier molecular flexibility index (Phi) is 5.90. The Balaban J connectivity index is 2.60. The molecule has 4 nitrogen and oxygen atoms in total. The standard InChI is InChI=1S/C13H20N2O2S2/c1-10(2)7-8-15-19(16,17)9-11-3-5-12(6-4-11)13(14)18/h3-6,10,15H,7-9H2,1-2H3,(H2,14,18). The summed E-state index contributed by atoms with van der Waals surface area (Å²) in [7, 11) is -3.28. The van der Waals surface area contributed by atoms with E-state index >= 15 is 0 Å². The molecule has 0 fully saturated rings. The summed E-state index contributed by atoms with van der Waals surface area (Å²) in [5.74, 6) is 0.454. The summed E-state index contributed by atoms with van der Waals surface area (Å²) in [6.07, 6.45) is 0.833. The van der Waals surface area contributed by atoms with Crippen molar-refractivity contribution in [2.24, 2.45) is 11.7 Å². The first-order valence-corrected chi connectivity index (χ1v) is 8.22. The zero-order chi connectivity index (χ0) is 14.5. The van der Waals surface area contributed by atoms with Crippen molar-refractivity contribution in [3.05, 3.63) is 35.4 Å². The van der Waals surface area contributed by atoms with Gasteiger partial charge in [-0.25, -0.2) is 13.1 Å². The largest absolute Gasteiger partial charge is 0.389 e. The van der Waals surface area contributed by atoms with Gasteiger partial charge in [-0.05, 0) is 17.9 Å². The number of benzene rings is 1. The Morgan fingerprint density at radius 2 is 1.89 bits per heavy atom. The molecular weight excluding hydrogens is 280 g/mol. The van der Waals surface area contributed by atoms with Crippen LogP contribution in [0.5, 0.6) is 0 Å². The van der Waals surface area contributed by atoms with Crippen molar-refractivity contribution >= 4 is 27.2 Å². The van der Waals surface area contributed by atoms with Gasteiger partial charge in [-0.1, -0.05) is 50.3 Å². The summed E-state index contributed by atoms with van der Waals surface area (Å²) in [5.41, 5.74) is 6.95. The molecule has 0 saturated carbocycles. The summed E-state index contributed by atoms with van der Waals surface area (Å²) < 4.78 is 26.3. The molecule has 0 aliphatic rings. The van der Waals surface area contributed by atoms with E-state index in [0.717, 1.165) is 17.5 Å². The number of hydrogen-bond donors (Lipinski definition) is 2. The monoisotopic (exact) mass is 300 g/mol. The molecule has 3 N–H and O–H groups in total. The van der Waals surface area contributed by atoms with Crippen LogP contribution in [0.2, 0.25) is 0 Å². The molecule has 1 rings (SSSR count). The van der Waals surface area contributed by atoms with Gasteiger partial charge in [0.25, 0.3) is 0 Å². The van der Waals surface area contributed by atoms with Gasteiger partial charge in [0.1, 0.15) is 4.99 Å². The van der Waals surface area contributed by atoms with Crippen LogP contribution in [0.15, 0.2) is 24.3 Å². The van der Waals surface area contributed by atoms with Crippen LogP contribution >= 0.6 is 12.2 Å². The number of hydrogen-bond acceptors (Lipinski definition) is 3. The normalized spacial score (nSPS) is 11.7. The Labute approximate surface area is 120 Å². The van der Waals surface area contributed by atoms with Gasteiger partial charge in [-0.15, -0.1) is 0 Å². The quantitative estimate of drug-likeness (QED) is 0.753. The van der Waals surface area contributed by atoms with Crippen molar-refractivity contribution in [3.8, 4) is 0 Å². The van der Waals surface area contributed by atoms with Crippen LogP contribution in [0.1, 0.15) is 31.4 Å². The van der Waals surface area contributed by atoms with Gasteiger partial charge >= 0.3 is 0 Å². The molecule has 0 radical (unpaired) electrons. The lowest BCUT2D eigenvalue weighted by Gasteiger charge is -2.08. The zero-order valence-electron chi connectivity index (χ0n) is 11.2. The number of rotatable bonds is 7. The third-order valence-corrected chi connectivity index (χ3v) is 4.23. The second-order valence-electron chi connectivity index (χ2n) is 4.90. The molecule has 1 aromatic rings. The van der Waals surface area contributed by atoms with Crippen LogP contribution in [0.25, 0.3) is 0 Å². The van der Waals surface area contributed by atoms with Gasteiger partial charge in [0.05, 0.1) is 5.75 Å². The van der Waals surface area contributed by atoms with Gasteiger partial charge in [0.2, 0.25) is 10.0 Å². The fourth-order valence-corrected chi connectivity index (χ4v) is 2.84. The molecule has 6 heteroatoms. The smallest absolute Gasteiger partial charge is 0.215 e. The predicted molar refractivity (Wildman–Crippen MR) is 82.4 cm³/mol. The molecule has 0 aromatic heterocycles. The molecule has 106 valence electrons. The average molecular weight is 300 g/mol. The van der Waals surface area contributed by atoms with Crippen LogP contribution in [0.4, 0.5) is 0 Å². The predicted octanol–water partition coefficient (Wildman–Crippen LogP) is 1.79. The highest BCUT2D eigenvalue weighted by molar-refractivity contribution is 7.88. The molecule has 0 bridgehead atoms. The summed E-state index contributed by atoms with van der Waals surface area (Å²) in [4.78, 5) is 0.310. The van der Waals surface area contributed by atoms with E-state index in [4.69, 9.17) is 18.0 Å². The van der Waals surface area contributed by atoms with E-state index in [-0.39, 0.29) is 5.75 Å². The minimum atomic E-state index is -3.28. The van der Waals surface area contributed by atoms with Crippen LogP contribution in [0, 0.1) is 5.92 Å². The maximum Gasteiger partial charge on any atom is 0.215 e. The van der Waals surface area contributed by atoms with Crippen molar-refractivity contribution in [2.75, 3.05) is 6.54 Å². The molecule has 0 aliphatic carbocycles. The van der Waals surface area contributed by atoms with E-state index in [0.29, 0.717) is 17.5 Å². The number of nitrogens with one attached hydrogen (secondary N) is 1. The Morgan fingerprint density at radius 1 is 1.32 bits per heavy atom. The van der Waals surface area contributed by atoms with Crippen molar-refractivity contribution in [2.45, 2.75) is 26.0 Å². The Bertz CT molecular complexity index is 522. The number of thiocarbonyl (C=S) groups is 1. The first-order valence-electron chi connectivity index (χ1n) is 6.16. The topological polar surface area (TPSA) is 72.2 Å². The Morgan fingerprint density at radius 3 is 2.37 bits per heavy atom. The minimum Gasteiger partial charge on any atom is -0.389 e. The minimum absolute atomic E-state index is 0.0251. The van der Waals surface area contributed by atoms with E-state index in [9.17, 15) is 8.42 Å². The van der Waals surface area contributed by atoms with Gasteiger partial charge in [0.15, 0.2) is 0 Å². The molecule has 0 unspecified atom stereocenters. The summed E-state index contributed by atoms with van der Waals surface area (Å²) in [6.45, 7) is 4.59. The van der Waals surface area contributed by atoms with Crippen molar-refractivity contribution in [1.29, 1.82) is 0 Å². The third-order valence-electron chi connectivity index (χ3n) is 2.64. The third kappa shape index (κ3) is 6.13. The molecule has 0 amide bonds. The van der Waals surface area contributed by atoms with Crippen molar-refractivity contribution in [1.82, 2.24) is 4.72 Å². The first-order chi connectivity index (χ1) is 8.80. The van der Waals surface area contributed by atoms with Crippen LogP contribution in [-0.4, -0.2) is 20.0 Å². The van der Waals surface area contributed by atoms with E-state index in [1.54, 1.807) is 24.3 Å². The maximum absolute atomic E-state index is 11.8.